The molecule has 7 N–H and O–H groups in total. The molecule has 25 heavy (non-hydrogen) atoms. The Balaban J connectivity index is 2.17. The second-order valence-corrected chi connectivity index (χ2v) is 5.31. The molecule has 7 heteroatoms. The summed E-state index contributed by atoms with van der Waals surface area (Å²) in [7, 11) is 0. The van der Waals surface area contributed by atoms with Crippen LogP contribution >= 0.6 is 0 Å². The van der Waals surface area contributed by atoms with Crippen LogP contribution in [0.2, 0.25) is 0 Å². The van der Waals surface area contributed by atoms with Crippen LogP contribution < -0.4 is 22.3 Å². The highest BCUT2D eigenvalue weighted by molar-refractivity contribution is 6.07. The third-order valence-electron chi connectivity index (χ3n) is 3.77. The van der Waals surface area contributed by atoms with Gasteiger partial charge in [0.25, 0.3) is 0 Å². The Morgan fingerprint density at radius 3 is 2.72 bits per heavy atom. The standard InChI is InChI=1S/C18H17N5O2/c19-16-6-3-11(21-8-9-23-20)10-15(16)12-4-5-14(18(24)25)17-13(12)2-1-7-22-17/h1-10,21,23H,19-20H2,(H,24,25)/b9-8-. The monoisotopic (exact) mass is 335 g/mol. The molecule has 0 atom stereocenters. The van der Waals surface area contributed by atoms with Crippen molar-refractivity contribution in [2.45, 2.75) is 0 Å². The van der Waals surface area contributed by atoms with E-state index in [9.17, 15) is 9.90 Å². The minimum absolute atomic E-state index is 0.157. The summed E-state index contributed by atoms with van der Waals surface area (Å²) in [5.74, 6) is 4.17. The van der Waals surface area contributed by atoms with Crippen molar-refractivity contribution in [1.82, 2.24) is 10.4 Å². The number of aromatic carboxylic acids is 1. The molecule has 2 aromatic carbocycles. The van der Waals surface area contributed by atoms with E-state index in [2.05, 4.69) is 15.7 Å². The van der Waals surface area contributed by atoms with Gasteiger partial charge in [-0.25, -0.2) is 4.79 Å². The van der Waals surface area contributed by atoms with Gasteiger partial charge in [-0.05, 0) is 35.9 Å². The fourth-order valence-corrected chi connectivity index (χ4v) is 2.65. The van der Waals surface area contributed by atoms with Crippen molar-refractivity contribution in [1.29, 1.82) is 0 Å². The molecule has 0 amide bonds. The van der Waals surface area contributed by atoms with Gasteiger partial charge in [-0.3, -0.25) is 10.8 Å². The van der Waals surface area contributed by atoms with Gasteiger partial charge in [-0.1, -0.05) is 12.1 Å². The fraction of sp³-hybridized carbons (Fsp3) is 0. The number of carbonyl (C=O) groups is 1. The van der Waals surface area contributed by atoms with E-state index in [-0.39, 0.29) is 5.56 Å². The smallest absolute Gasteiger partial charge is 0.337 e. The molecule has 3 aromatic rings. The Kier molecular flexibility index (Phi) is 4.49. The highest BCUT2D eigenvalue weighted by atomic mass is 16.4. The van der Waals surface area contributed by atoms with Crippen LogP contribution in [0, 0.1) is 0 Å². The predicted molar refractivity (Wildman–Crippen MR) is 98.6 cm³/mol. The molecule has 1 aromatic heterocycles. The van der Waals surface area contributed by atoms with Crippen LogP contribution in [0.5, 0.6) is 0 Å². The lowest BCUT2D eigenvalue weighted by atomic mass is 9.96. The first kappa shape index (κ1) is 16.3. The highest BCUT2D eigenvalue weighted by Gasteiger charge is 2.14. The minimum atomic E-state index is -1.02. The zero-order chi connectivity index (χ0) is 17.8. The highest BCUT2D eigenvalue weighted by Crippen LogP contribution is 2.35. The predicted octanol–water partition coefficient (Wildman–Crippen LogP) is 2.53. The number of nitrogens with zero attached hydrogens (tertiary/aromatic N) is 1. The molecule has 0 unspecified atom stereocenters. The first-order valence-corrected chi connectivity index (χ1v) is 7.50. The van der Waals surface area contributed by atoms with Crippen molar-refractivity contribution in [3.63, 3.8) is 0 Å². The first-order valence-electron chi connectivity index (χ1n) is 7.50. The van der Waals surface area contributed by atoms with E-state index in [1.54, 1.807) is 42.9 Å². The van der Waals surface area contributed by atoms with Gasteiger partial charge >= 0.3 is 5.97 Å². The Hall–Kier alpha value is -3.58. The Bertz CT molecular complexity index is 969. The maximum absolute atomic E-state index is 11.4. The topological polar surface area (TPSA) is 126 Å². The summed E-state index contributed by atoms with van der Waals surface area (Å²) in [4.78, 5) is 15.7. The summed E-state index contributed by atoms with van der Waals surface area (Å²) in [6.45, 7) is 0. The molecule has 0 fully saturated rings. The molecule has 7 nitrogen and oxygen atoms in total. The molecular formula is C18H17N5O2. The maximum atomic E-state index is 11.4. The van der Waals surface area contributed by atoms with E-state index in [1.807, 2.05) is 18.2 Å². The van der Waals surface area contributed by atoms with E-state index in [0.29, 0.717) is 11.2 Å². The number of aromatic nitrogens is 1. The van der Waals surface area contributed by atoms with Crippen LogP contribution in [-0.4, -0.2) is 16.1 Å². The molecule has 0 spiro atoms. The molecule has 126 valence electrons. The van der Waals surface area contributed by atoms with E-state index >= 15 is 0 Å². The number of nitrogens with two attached hydrogens (primary N) is 2. The fourth-order valence-electron chi connectivity index (χ4n) is 2.65. The normalized spacial score (nSPS) is 10.9. The van der Waals surface area contributed by atoms with Crippen LogP contribution in [-0.2, 0) is 0 Å². The van der Waals surface area contributed by atoms with Gasteiger partial charge in [0.1, 0.15) is 0 Å². The lowest BCUT2D eigenvalue weighted by Crippen LogP contribution is -2.13. The summed E-state index contributed by atoms with van der Waals surface area (Å²) >= 11 is 0. The Morgan fingerprint density at radius 2 is 1.96 bits per heavy atom. The van der Waals surface area contributed by atoms with Crippen LogP contribution in [0.1, 0.15) is 10.4 Å². The number of pyridine rings is 1. The molecule has 0 aliphatic carbocycles. The largest absolute Gasteiger partial charge is 0.478 e. The van der Waals surface area contributed by atoms with Gasteiger partial charge in [0.05, 0.1) is 11.1 Å². The zero-order valence-electron chi connectivity index (χ0n) is 13.2. The number of rotatable bonds is 5. The maximum Gasteiger partial charge on any atom is 0.337 e. The van der Waals surface area contributed by atoms with Crippen LogP contribution in [0.3, 0.4) is 0 Å². The van der Waals surface area contributed by atoms with Crippen molar-refractivity contribution in [3.05, 3.63) is 66.6 Å². The number of hydrogen-bond donors (Lipinski definition) is 5. The average molecular weight is 335 g/mol. The average Bonchev–Trinajstić information content (AvgIpc) is 2.62. The van der Waals surface area contributed by atoms with Crippen molar-refractivity contribution in [3.8, 4) is 11.1 Å². The van der Waals surface area contributed by atoms with Crippen LogP contribution in [0.4, 0.5) is 11.4 Å². The molecule has 1 heterocycles. The van der Waals surface area contributed by atoms with Crippen LogP contribution in [0.25, 0.3) is 22.0 Å². The molecule has 0 aliphatic rings. The van der Waals surface area contributed by atoms with Gasteiger partial charge in [-0.2, -0.15) is 0 Å². The summed E-state index contributed by atoms with van der Waals surface area (Å²) in [5, 5.41) is 13.2. The number of hydrazine groups is 1. The number of nitrogens with one attached hydrogen (secondary N) is 2. The number of carboxylic acid groups (broad SMARTS) is 1. The molecular weight excluding hydrogens is 318 g/mol. The molecule has 0 bridgehead atoms. The van der Waals surface area contributed by atoms with Gasteiger partial charge in [0, 0.05) is 40.9 Å². The Morgan fingerprint density at radius 1 is 1.12 bits per heavy atom. The van der Waals surface area contributed by atoms with E-state index in [1.165, 1.54) is 0 Å². The number of hydrogen-bond acceptors (Lipinski definition) is 6. The van der Waals surface area contributed by atoms with Crippen molar-refractivity contribution < 1.29 is 9.90 Å². The van der Waals surface area contributed by atoms with Crippen LogP contribution in [0.15, 0.2) is 61.1 Å². The van der Waals surface area contributed by atoms with Gasteiger partial charge < -0.3 is 21.6 Å². The van der Waals surface area contributed by atoms with Gasteiger partial charge in [0.2, 0.25) is 0 Å². The quantitative estimate of drug-likeness (QED) is 0.275. The van der Waals surface area contributed by atoms with E-state index < -0.39 is 5.97 Å². The zero-order valence-corrected chi connectivity index (χ0v) is 13.2. The Labute approximate surface area is 144 Å². The third kappa shape index (κ3) is 3.22. The summed E-state index contributed by atoms with van der Waals surface area (Å²) in [6.07, 6.45) is 4.78. The van der Waals surface area contributed by atoms with Gasteiger partial charge in [-0.15, -0.1) is 0 Å². The first-order chi connectivity index (χ1) is 12.1. The SMILES string of the molecule is NN/C=C\Nc1ccc(N)c(-c2ccc(C(=O)O)c3ncccc23)c1. The summed E-state index contributed by atoms with van der Waals surface area (Å²) in [6, 6.07) is 12.4. The van der Waals surface area contributed by atoms with Crippen molar-refractivity contribution in [2.75, 3.05) is 11.1 Å². The second-order valence-electron chi connectivity index (χ2n) is 5.31. The van der Waals surface area contributed by atoms with Gasteiger partial charge in [0.15, 0.2) is 0 Å². The number of anilines is 2. The molecule has 0 radical (unpaired) electrons. The molecule has 0 saturated heterocycles. The van der Waals surface area contributed by atoms with E-state index in [4.69, 9.17) is 11.6 Å². The number of carboxylic acids is 1. The lowest BCUT2D eigenvalue weighted by Gasteiger charge is -2.12. The summed E-state index contributed by atoms with van der Waals surface area (Å²) < 4.78 is 0. The second kappa shape index (κ2) is 6.90. The van der Waals surface area contributed by atoms with E-state index in [0.717, 1.165) is 22.2 Å². The minimum Gasteiger partial charge on any atom is -0.478 e. The molecule has 0 saturated carbocycles. The number of benzene rings is 2. The number of fused-ring (bicyclic) bond motifs is 1. The molecule has 3 rings (SSSR count). The van der Waals surface area contributed by atoms with Crippen molar-refractivity contribution >= 4 is 28.2 Å². The molecule has 0 aliphatic heterocycles. The lowest BCUT2D eigenvalue weighted by molar-refractivity contribution is 0.0699. The third-order valence-corrected chi connectivity index (χ3v) is 3.77. The summed E-state index contributed by atoms with van der Waals surface area (Å²) in [5.41, 5.74) is 12.1. The number of nitrogen functional groups attached to an aromatic ring is 1. The van der Waals surface area contributed by atoms with Crippen molar-refractivity contribution in [2.24, 2.45) is 5.84 Å².